The van der Waals surface area contributed by atoms with Crippen LogP contribution in [0.1, 0.15) is 0 Å². The molecule has 0 atom stereocenters. The molecular weight excluding hydrogens is 211 g/mol. The first-order valence-electron chi connectivity index (χ1n) is 1.34. The fourth-order valence-electron chi connectivity index (χ4n) is 0. The zero-order valence-corrected chi connectivity index (χ0v) is 7.24. The van der Waals surface area contributed by atoms with E-state index < -0.39 is 0 Å². The average molecular weight is 211 g/mol. The van der Waals surface area contributed by atoms with Gasteiger partial charge in [0.25, 0.3) is 0 Å². The smallest absolute Gasteiger partial charge is 0 e. The van der Waals surface area contributed by atoms with Gasteiger partial charge < -0.3 is 71.0 Å². The van der Waals surface area contributed by atoms with Crippen molar-refractivity contribution in [3.05, 3.63) is 39.4 Å². The zero-order valence-electron chi connectivity index (χ0n) is 6.06. The van der Waals surface area contributed by atoms with Gasteiger partial charge in [0.15, 0.2) is 0 Å². The van der Waals surface area contributed by atoms with Crippen LogP contribution in [0.5, 0.6) is 0 Å². The van der Waals surface area contributed by atoms with E-state index in [-0.39, 0.29) is 17.1 Å². The van der Waals surface area contributed by atoms with Crippen molar-refractivity contribution in [2.75, 3.05) is 0 Å². The Morgan fingerprint density at radius 3 is 0.308 bits per heavy atom. The van der Waals surface area contributed by atoms with Crippen LogP contribution in [0, 0.1) is 71.0 Å². The van der Waals surface area contributed by atoms with Gasteiger partial charge in [0.2, 0.25) is 0 Å². The Morgan fingerprint density at radius 1 is 0.308 bits per heavy atom. The minimum Gasteiger partial charge on any atom is -0.512 e. The van der Waals surface area contributed by atoms with Gasteiger partial charge in [0.05, 0.1) is 0 Å². The standard InChI is InChI=1S/6CN.Mn/c6*1-2;/q6*-1;. The second kappa shape index (κ2) is 105. The first-order chi connectivity index (χ1) is 6.00. The predicted molar refractivity (Wildman–Crippen MR) is 29.8 cm³/mol. The summed E-state index contributed by atoms with van der Waals surface area (Å²) in [4.78, 5) is 0. The zero-order chi connectivity index (χ0) is 12.0. The fraction of sp³-hybridized carbons (Fsp3) is 0. The van der Waals surface area contributed by atoms with Crippen molar-refractivity contribution >= 4 is 0 Å². The van der Waals surface area contributed by atoms with E-state index in [0.717, 1.165) is 0 Å². The van der Waals surface area contributed by atoms with Crippen LogP contribution in [0.25, 0.3) is 0 Å². The van der Waals surface area contributed by atoms with Crippen LogP contribution in [-0.2, 0) is 17.1 Å². The largest absolute Gasteiger partial charge is 0.512 e. The van der Waals surface area contributed by atoms with Gasteiger partial charge >= 0.3 is 0 Å². The van der Waals surface area contributed by atoms with Crippen LogP contribution in [-0.4, -0.2) is 0 Å². The van der Waals surface area contributed by atoms with Crippen LogP contribution in [0.3, 0.4) is 0 Å². The molecule has 1 radical (unpaired) electrons. The molecule has 0 saturated heterocycles. The molecule has 0 aromatic heterocycles. The summed E-state index contributed by atoms with van der Waals surface area (Å²) >= 11 is 0. The summed E-state index contributed by atoms with van der Waals surface area (Å²) in [5.74, 6) is 0. The molecule has 0 N–H and O–H groups in total. The van der Waals surface area contributed by atoms with Crippen molar-refractivity contribution in [3.63, 3.8) is 0 Å². The Morgan fingerprint density at radius 2 is 0.308 bits per heavy atom. The van der Waals surface area contributed by atoms with Crippen molar-refractivity contribution in [1.82, 2.24) is 0 Å². The van der Waals surface area contributed by atoms with E-state index in [2.05, 4.69) is 0 Å². The van der Waals surface area contributed by atoms with E-state index >= 15 is 0 Å². The summed E-state index contributed by atoms with van der Waals surface area (Å²) in [6.45, 7) is 28.5. The molecule has 0 heterocycles. The number of hydrogen-bond donors (Lipinski definition) is 0. The van der Waals surface area contributed by atoms with Gasteiger partial charge in [-0.25, -0.2) is 0 Å². The minimum atomic E-state index is 0. The molecule has 0 spiro atoms. The second-order valence-corrected chi connectivity index (χ2v) is 0. The van der Waals surface area contributed by atoms with E-state index in [1.807, 2.05) is 0 Å². The molecule has 6 nitrogen and oxygen atoms in total. The average Bonchev–Trinajstić information content (AvgIpc) is 2.33. The number of hydrogen-bond acceptors (Lipinski definition) is 6. The first kappa shape index (κ1) is 78.2. The number of rotatable bonds is 0. The van der Waals surface area contributed by atoms with Crippen molar-refractivity contribution in [2.45, 2.75) is 0 Å². The Hall–Kier alpha value is -2.54. The summed E-state index contributed by atoms with van der Waals surface area (Å²) in [7, 11) is 0. The van der Waals surface area contributed by atoms with Crippen LogP contribution in [0.15, 0.2) is 0 Å². The molecule has 7 heteroatoms. The summed E-state index contributed by atoms with van der Waals surface area (Å²) < 4.78 is 0. The van der Waals surface area contributed by atoms with Crippen molar-refractivity contribution in [1.29, 1.82) is 31.6 Å². The molecule has 0 bridgehead atoms. The van der Waals surface area contributed by atoms with Crippen LogP contribution in [0.2, 0.25) is 0 Å². The Bertz CT molecular complexity index is 92.1. The van der Waals surface area contributed by atoms with E-state index in [1.165, 1.54) is 0 Å². The number of nitrogens with zero attached hydrogens (tertiary/aromatic N) is 6. The molecule has 0 fully saturated rings. The van der Waals surface area contributed by atoms with Crippen LogP contribution < -0.4 is 0 Å². The van der Waals surface area contributed by atoms with Gasteiger partial charge in [0, 0.05) is 17.1 Å². The van der Waals surface area contributed by atoms with E-state index in [9.17, 15) is 0 Å². The first-order valence-corrected chi connectivity index (χ1v) is 1.34. The molecule has 0 aromatic rings. The maximum absolute atomic E-state index is 6.25. The SMILES string of the molecule is [C-]#N.[C-]#N.[C-]#N.[C-]#N.[C-]#N.[C-]#N.[Mn]. The van der Waals surface area contributed by atoms with Gasteiger partial charge in [-0.05, 0) is 0 Å². The minimum absolute atomic E-state index is 0. The topological polar surface area (TPSA) is 143 Å². The normalized spacial score (nSPS) is 0.923. The monoisotopic (exact) mass is 211 g/mol. The van der Waals surface area contributed by atoms with Crippen molar-refractivity contribution in [2.24, 2.45) is 0 Å². The molecule has 67 valence electrons. The Balaban J connectivity index is -0.00000000655. The molecule has 0 amide bonds. The summed E-state index contributed by atoms with van der Waals surface area (Å²) in [5, 5.41) is 37.5. The Kier molecular flexibility index (Phi) is 631. The van der Waals surface area contributed by atoms with Gasteiger partial charge in [-0.1, -0.05) is 0 Å². The third kappa shape index (κ3) is 81.6. The van der Waals surface area contributed by atoms with E-state index in [0.29, 0.717) is 0 Å². The summed E-state index contributed by atoms with van der Waals surface area (Å²) in [6.07, 6.45) is 0. The van der Waals surface area contributed by atoms with Gasteiger partial charge in [-0.15, -0.1) is 0 Å². The van der Waals surface area contributed by atoms with E-state index in [4.69, 9.17) is 71.0 Å². The fourth-order valence-corrected chi connectivity index (χ4v) is 0. The summed E-state index contributed by atoms with van der Waals surface area (Å²) in [5.41, 5.74) is 0. The molecule has 0 aliphatic rings. The molecule has 0 aromatic carbocycles. The summed E-state index contributed by atoms with van der Waals surface area (Å²) in [6, 6.07) is 0. The van der Waals surface area contributed by atoms with Gasteiger partial charge in [-0.3, -0.25) is 0 Å². The molecule has 0 aliphatic carbocycles. The molecule has 0 rings (SSSR count). The van der Waals surface area contributed by atoms with Crippen molar-refractivity contribution in [3.8, 4) is 0 Å². The van der Waals surface area contributed by atoms with Crippen LogP contribution >= 0.6 is 0 Å². The Labute approximate surface area is 88.5 Å². The maximum atomic E-state index is 6.25. The third-order valence-electron chi connectivity index (χ3n) is 0. The second-order valence-electron chi connectivity index (χ2n) is 0. The molecule has 0 aliphatic heterocycles. The van der Waals surface area contributed by atoms with Crippen LogP contribution in [0.4, 0.5) is 0 Å². The molecule has 0 unspecified atom stereocenters. The van der Waals surface area contributed by atoms with E-state index in [1.54, 1.807) is 0 Å². The van der Waals surface area contributed by atoms with Crippen molar-refractivity contribution < 1.29 is 17.1 Å². The predicted octanol–water partition coefficient (Wildman–Crippen LogP) is 0.576. The van der Waals surface area contributed by atoms with Gasteiger partial charge in [-0.2, -0.15) is 0 Å². The van der Waals surface area contributed by atoms with Gasteiger partial charge in [0.1, 0.15) is 0 Å². The third-order valence-corrected chi connectivity index (χ3v) is 0. The molecular formula is C6MnN6-6. The maximum Gasteiger partial charge on any atom is 0 e. The molecule has 13 heavy (non-hydrogen) atoms. The quantitative estimate of drug-likeness (QED) is 0.423. The molecule has 0 saturated carbocycles.